The van der Waals surface area contributed by atoms with Gasteiger partial charge in [-0.2, -0.15) is 4.98 Å². The maximum absolute atomic E-state index is 13.2. The highest BCUT2D eigenvalue weighted by molar-refractivity contribution is 5.79. The van der Waals surface area contributed by atoms with E-state index in [2.05, 4.69) is 56.9 Å². The van der Waals surface area contributed by atoms with Crippen molar-refractivity contribution in [1.82, 2.24) is 19.9 Å². The van der Waals surface area contributed by atoms with Crippen LogP contribution in [0.4, 0.5) is 5.69 Å². The van der Waals surface area contributed by atoms with Crippen LogP contribution in [-0.4, -0.2) is 65.1 Å². The second-order valence-corrected chi connectivity index (χ2v) is 9.46. The van der Waals surface area contributed by atoms with Crippen LogP contribution in [0.25, 0.3) is 11.4 Å². The summed E-state index contributed by atoms with van der Waals surface area (Å²) in [5.74, 6) is 1.70. The van der Waals surface area contributed by atoms with Crippen LogP contribution in [0.1, 0.15) is 29.9 Å². The maximum Gasteiger partial charge on any atom is 0.241 e. The van der Waals surface area contributed by atoms with Crippen LogP contribution in [0.5, 0.6) is 0 Å². The summed E-state index contributed by atoms with van der Waals surface area (Å²) in [4.78, 5) is 24.5. The highest BCUT2D eigenvalue weighted by Gasteiger charge is 2.31. The summed E-state index contributed by atoms with van der Waals surface area (Å²) in [6.45, 7) is 10.1. The molecule has 7 nitrogen and oxygen atoms in total. The highest BCUT2D eigenvalue weighted by Crippen LogP contribution is 2.26. The molecule has 0 unspecified atom stereocenters. The molecular weight excluding hydrogens is 426 g/mol. The van der Waals surface area contributed by atoms with E-state index >= 15 is 0 Å². The molecule has 0 aliphatic carbocycles. The fraction of sp³-hybridized carbons (Fsp3) is 0.444. The van der Waals surface area contributed by atoms with Crippen LogP contribution in [0, 0.1) is 19.8 Å². The Morgan fingerprint density at radius 1 is 0.941 bits per heavy atom. The summed E-state index contributed by atoms with van der Waals surface area (Å²) >= 11 is 0. The molecule has 2 aromatic carbocycles. The molecule has 3 heterocycles. The zero-order valence-electron chi connectivity index (χ0n) is 20.1. The minimum Gasteiger partial charge on any atom is -0.368 e. The molecule has 0 bridgehead atoms. The Kier molecular flexibility index (Phi) is 6.63. The topological polar surface area (TPSA) is 65.7 Å². The van der Waals surface area contributed by atoms with E-state index in [1.165, 1.54) is 16.8 Å². The minimum atomic E-state index is 0.117. The van der Waals surface area contributed by atoms with Crippen molar-refractivity contribution >= 4 is 11.6 Å². The molecule has 178 valence electrons. The molecule has 34 heavy (non-hydrogen) atoms. The fourth-order valence-corrected chi connectivity index (χ4v) is 5.06. The highest BCUT2D eigenvalue weighted by atomic mass is 16.5. The molecule has 0 radical (unpaired) electrons. The van der Waals surface area contributed by atoms with Crippen molar-refractivity contribution in [1.29, 1.82) is 0 Å². The second kappa shape index (κ2) is 9.97. The Morgan fingerprint density at radius 3 is 2.41 bits per heavy atom. The summed E-state index contributed by atoms with van der Waals surface area (Å²) in [5.41, 5.74) is 4.92. The number of hydrogen-bond donors (Lipinski definition) is 0. The normalized spacial score (nSPS) is 17.8. The number of rotatable bonds is 5. The fourth-order valence-electron chi connectivity index (χ4n) is 5.06. The Bertz CT molecular complexity index is 1110. The second-order valence-electron chi connectivity index (χ2n) is 9.46. The van der Waals surface area contributed by atoms with Gasteiger partial charge in [0.05, 0.1) is 6.54 Å². The first-order chi connectivity index (χ1) is 16.6. The first-order valence-corrected chi connectivity index (χ1v) is 12.3. The lowest BCUT2D eigenvalue weighted by Crippen LogP contribution is -2.51. The average Bonchev–Trinajstić information content (AvgIpc) is 3.35. The van der Waals surface area contributed by atoms with Gasteiger partial charge < -0.3 is 14.3 Å². The van der Waals surface area contributed by atoms with E-state index in [1.54, 1.807) is 0 Å². The number of anilines is 1. The van der Waals surface area contributed by atoms with E-state index in [9.17, 15) is 4.79 Å². The van der Waals surface area contributed by atoms with E-state index in [4.69, 9.17) is 4.52 Å². The minimum absolute atomic E-state index is 0.117. The quantitative estimate of drug-likeness (QED) is 0.576. The first kappa shape index (κ1) is 22.6. The van der Waals surface area contributed by atoms with E-state index in [-0.39, 0.29) is 5.92 Å². The average molecular weight is 460 g/mol. The molecule has 0 saturated carbocycles. The Labute approximate surface area is 201 Å². The molecule has 0 spiro atoms. The Morgan fingerprint density at radius 2 is 1.68 bits per heavy atom. The SMILES string of the molecule is Cc1cccc(N2CCN(C(=O)C3CCN(Cc4nc(-c5ccccc5)no4)CC3)CC2)c1C. The van der Waals surface area contributed by atoms with Gasteiger partial charge in [0.25, 0.3) is 0 Å². The molecule has 0 atom stereocenters. The zero-order valence-corrected chi connectivity index (χ0v) is 20.1. The van der Waals surface area contributed by atoms with Crippen LogP contribution in [0.3, 0.4) is 0 Å². The lowest BCUT2D eigenvalue weighted by Gasteiger charge is -2.39. The number of carbonyl (C=O) groups excluding carboxylic acids is 1. The van der Waals surface area contributed by atoms with E-state index in [1.807, 2.05) is 30.3 Å². The van der Waals surface area contributed by atoms with Gasteiger partial charge in [-0.25, -0.2) is 0 Å². The lowest BCUT2D eigenvalue weighted by molar-refractivity contribution is -0.137. The molecule has 1 amide bonds. The number of amides is 1. The number of aryl methyl sites for hydroxylation is 1. The van der Waals surface area contributed by atoms with E-state index in [0.717, 1.165) is 57.7 Å². The van der Waals surface area contributed by atoms with Gasteiger partial charge in [0.15, 0.2) is 0 Å². The lowest BCUT2D eigenvalue weighted by atomic mass is 9.95. The largest absolute Gasteiger partial charge is 0.368 e. The number of carbonyl (C=O) groups is 1. The van der Waals surface area contributed by atoms with Gasteiger partial charge in [-0.05, 0) is 57.0 Å². The van der Waals surface area contributed by atoms with Crippen molar-refractivity contribution in [2.24, 2.45) is 5.92 Å². The molecular formula is C27H33N5O2. The monoisotopic (exact) mass is 459 g/mol. The molecule has 2 fully saturated rings. The van der Waals surface area contributed by atoms with Gasteiger partial charge in [0.1, 0.15) is 0 Å². The molecule has 2 aliphatic heterocycles. The van der Waals surface area contributed by atoms with Crippen LogP contribution >= 0.6 is 0 Å². The number of piperidine rings is 1. The number of hydrogen-bond acceptors (Lipinski definition) is 6. The Balaban J connectivity index is 1.10. The van der Waals surface area contributed by atoms with Crippen molar-refractivity contribution < 1.29 is 9.32 Å². The molecule has 5 rings (SSSR count). The van der Waals surface area contributed by atoms with Crippen molar-refractivity contribution in [3.8, 4) is 11.4 Å². The third-order valence-electron chi connectivity index (χ3n) is 7.30. The van der Waals surface area contributed by atoms with Crippen LogP contribution in [0.2, 0.25) is 0 Å². The van der Waals surface area contributed by atoms with E-state index in [0.29, 0.717) is 24.2 Å². The molecule has 7 heteroatoms. The van der Waals surface area contributed by atoms with Gasteiger partial charge in [-0.1, -0.05) is 47.6 Å². The predicted molar refractivity (Wildman–Crippen MR) is 132 cm³/mol. The number of nitrogens with zero attached hydrogens (tertiary/aromatic N) is 5. The number of piperazine rings is 1. The molecule has 3 aromatic rings. The summed E-state index contributed by atoms with van der Waals surface area (Å²) in [6, 6.07) is 16.3. The first-order valence-electron chi connectivity index (χ1n) is 12.3. The molecule has 1 aromatic heterocycles. The standard InChI is InChI=1S/C27H33N5O2/c1-20-7-6-10-24(21(20)2)31-15-17-32(18-16-31)27(33)23-11-13-30(14-12-23)19-25-28-26(29-34-25)22-8-4-3-5-9-22/h3-10,23H,11-19H2,1-2H3. The van der Waals surface area contributed by atoms with Gasteiger partial charge in [0, 0.05) is 43.3 Å². The van der Waals surface area contributed by atoms with Crippen molar-refractivity contribution in [2.75, 3.05) is 44.2 Å². The molecule has 2 aliphatic rings. The zero-order chi connectivity index (χ0) is 23.5. The molecule has 0 N–H and O–H groups in total. The van der Waals surface area contributed by atoms with Gasteiger partial charge in [-0.15, -0.1) is 0 Å². The maximum atomic E-state index is 13.2. The third-order valence-corrected chi connectivity index (χ3v) is 7.30. The van der Waals surface area contributed by atoms with Gasteiger partial charge >= 0.3 is 0 Å². The summed E-state index contributed by atoms with van der Waals surface area (Å²) in [6.07, 6.45) is 1.77. The Hall–Kier alpha value is -3.19. The number of likely N-dealkylation sites (tertiary alicyclic amines) is 1. The van der Waals surface area contributed by atoms with Gasteiger partial charge in [0.2, 0.25) is 17.6 Å². The summed E-state index contributed by atoms with van der Waals surface area (Å²) in [7, 11) is 0. The van der Waals surface area contributed by atoms with Crippen LogP contribution in [-0.2, 0) is 11.3 Å². The smallest absolute Gasteiger partial charge is 0.241 e. The molecule has 2 saturated heterocycles. The van der Waals surface area contributed by atoms with Crippen molar-refractivity contribution in [3.05, 3.63) is 65.5 Å². The van der Waals surface area contributed by atoms with Crippen LogP contribution < -0.4 is 4.90 Å². The van der Waals surface area contributed by atoms with E-state index < -0.39 is 0 Å². The number of benzene rings is 2. The predicted octanol–water partition coefficient (Wildman–Crippen LogP) is 3.91. The summed E-state index contributed by atoms with van der Waals surface area (Å²) in [5, 5.41) is 4.12. The van der Waals surface area contributed by atoms with Crippen LogP contribution in [0.15, 0.2) is 53.1 Å². The van der Waals surface area contributed by atoms with Crippen molar-refractivity contribution in [3.63, 3.8) is 0 Å². The number of aromatic nitrogens is 2. The summed E-state index contributed by atoms with van der Waals surface area (Å²) < 4.78 is 5.47. The third kappa shape index (κ3) is 4.85. The van der Waals surface area contributed by atoms with Gasteiger partial charge in [-0.3, -0.25) is 9.69 Å². The van der Waals surface area contributed by atoms with Crippen molar-refractivity contribution in [2.45, 2.75) is 33.2 Å².